The lowest BCUT2D eigenvalue weighted by Gasteiger charge is -2.08. The molecule has 24 heavy (non-hydrogen) atoms. The first kappa shape index (κ1) is 15.8. The van der Waals surface area contributed by atoms with E-state index in [2.05, 4.69) is 19.8 Å². The Morgan fingerprint density at radius 3 is 2.75 bits per heavy atom. The molecule has 0 spiro atoms. The van der Waals surface area contributed by atoms with E-state index in [1.54, 1.807) is 26.1 Å². The van der Waals surface area contributed by atoms with Crippen LogP contribution >= 0.6 is 0 Å². The number of hydrogen-bond donors (Lipinski definition) is 1. The quantitative estimate of drug-likeness (QED) is 0.557. The van der Waals surface area contributed by atoms with Gasteiger partial charge >= 0.3 is 0 Å². The number of nitrogens with zero attached hydrogens (tertiary/aromatic N) is 5. The maximum Gasteiger partial charge on any atom is 0.299 e. The summed E-state index contributed by atoms with van der Waals surface area (Å²) in [4.78, 5) is 18.3. The zero-order valence-electron chi connectivity index (χ0n) is 12.7. The Morgan fingerprint density at radius 1 is 1.29 bits per heavy atom. The van der Waals surface area contributed by atoms with Crippen LogP contribution in [0.1, 0.15) is 11.1 Å². The average molecular weight is 348 g/mol. The van der Waals surface area contributed by atoms with E-state index in [1.807, 2.05) is 0 Å². The largest absolute Gasteiger partial charge is 0.299 e. The van der Waals surface area contributed by atoms with Crippen molar-refractivity contribution in [2.45, 2.75) is 19.0 Å². The first-order valence-corrected chi connectivity index (χ1v) is 8.22. The van der Waals surface area contributed by atoms with Gasteiger partial charge in [-0.1, -0.05) is 12.1 Å². The van der Waals surface area contributed by atoms with Crippen LogP contribution in [0.3, 0.4) is 0 Å². The van der Waals surface area contributed by atoms with Crippen LogP contribution in [0, 0.1) is 24.0 Å². The second-order valence-corrected chi connectivity index (χ2v) is 6.68. The number of aryl methyl sites for hydroxylation is 2. The number of nitro groups is 1. The van der Waals surface area contributed by atoms with E-state index in [1.165, 1.54) is 22.8 Å². The third-order valence-corrected chi connectivity index (χ3v) is 4.35. The molecule has 124 valence electrons. The third kappa shape index (κ3) is 2.76. The van der Waals surface area contributed by atoms with E-state index < -0.39 is 20.1 Å². The molecule has 11 heteroatoms. The zero-order chi connectivity index (χ0) is 17.5. The molecule has 0 amide bonds. The van der Waals surface area contributed by atoms with Crippen molar-refractivity contribution in [3.8, 4) is 0 Å². The first-order valence-electron chi connectivity index (χ1n) is 6.74. The smallest absolute Gasteiger partial charge is 0.270 e. The third-order valence-electron chi connectivity index (χ3n) is 3.23. The number of anilines is 1. The molecule has 0 atom stereocenters. The van der Waals surface area contributed by atoms with Gasteiger partial charge in [0.25, 0.3) is 26.6 Å². The molecule has 10 nitrogen and oxygen atoms in total. The molecule has 2 aromatic heterocycles. The number of nitro benzene ring substituents is 1. The Hall–Kier alpha value is -3.08. The molecule has 0 aliphatic heterocycles. The van der Waals surface area contributed by atoms with Gasteiger partial charge in [0.2, 0.25) is 0 Å². The second-order valence-electron chi connectivity index (χ2n) is 5.10. The van der Waals surface area contributed by atoms with E-state index in [9.17, 15) is 18.5 Å². The van der Waals surface area contributed by atoms with Crippen molar-refractivity contribution in [2.75, 3.05) is 4.72 Å². The number of para-hydroxylation sites is 1. The lowest BCUT2D eigenvalue weighted by molar-refractivity contribution is -0.383. The van der Waals surface area contributed by atoms with Crippen LogP contribution in [0.4, 0.5) is 11.4 Å². The summed E-state index contributed by atoms with van der Waals surface area (Å²) in [6.45, 7) is 3.34. The molecule has 0 aliphatic rings. The number of benzene rings is 1. The molecular weight excluding hydrogens is 336 g/mol. The van der Waals surface area contributed by atoms with E-state index in [0.29, 0.717) is 5.56 Å². The minimum absolute atomic E-state index is 0.111. The van der Waals surface area contributed by atoms with Gasteiger partial charge in [-0.2, -0.15) is 13.4 Å². The Labute approximate surface area is 136 Å². The molecule has 0 fully saturated rings. The van der Waals surface area contributed by atoms with Crippen molar-refractivity contribution >= 4 is 27.2 Å². The molecule has 0 bridgehead atoms. The Kier molecular flexibility index (Phi) is 3.64. The van der Waals surface area contributed by atoms with Crippen molar-refractivity contribution in [3.05, 3.63) is 51.8 Å². The zero-order valence-corrected chi connectivity index (χ0v) is 13.5. The fourth-order valence-corrected chi connectivity index (χ4v) is 3.11. The summed E-state index contributed by atoms with van der Waals surface area (Å²) >= 11 is 0. The van der Waals surface area contributed by atoms with Crippen LogP contribution in [-0.4, -0.2) is 32.9 Å². The topological polar surface area (TPSA) is 132 Å². The minimum atomic E-state index is -4.20. The number of fused-ring (bicyclic) bond motifs is 1. The Bertz CT molecular complexity index is 1060. The van der Waals surface area contributed by atoms with Crippen molar-refractivity contribution in [1.82, 2.24) is 19.6 Å². The highest BCUT2D eigenvalue weighted by molar-refractivity contribution is 7.92. The number of nitrogens with one attached hydrogen (secondary N) is 1. The van der Waals surface area contributed by atoms with Crippen LogP contribution in [0.2, 0.25) is 0 Å². The summed E-state index contributed by atoms with van der Waals surface area (Å²) in [5.74, 6) is 0.111. The summed E-state index contributed by atoms with van der Waals surface area (Å²) in [6.07, 6.45) is 3.10. The summed E-state index contributed by atoms with van der Waals surface area (Å²) in [5, 5.41) is 14.5. The summed E-state index contributed by atoms with van der Waals surface area (Å²) < 4.78 is 28.4. The summed E-state index contributed by atoms with van der Waals surface area (Å²) in [7, 11) is -4.20. The molecule has 3 rings (SSSR count). The predicted molar refractivity (Wildman–Crippen MR) is 84.2 cm³/mol. The van der Waals surface area contributed by atoms with E-state index in [0.717, 1.165) is 5.56 Å². The monoisotopic (exact) mass is 348 g/mol. The Morgan fingerprint density at radius 2 is 2.04 bits per heavy atom. The van der Waals surface area contributed by atoms with Crippen molar-refractivity contribution in [3.63, 3.8) is 0 Å². The highest BCUT2D eigenvalue weighted by atomic mass is 32.2. The van der Waals surface area contributed by atoms with Gasteiger partial charge in [-0.25, -0.2) is 9.50 Å². The van der Waals surface area contributed by atoms with Gasteiger partial charge in [-0.05, 0) is 25.0 Å². The van der Waals surface area contributed by atoms with Gasteiger partial charge in [-0.3, -0.25) is 14.8 Å². The molecular formula is C13H12N6O4S. The normalized spacial score (nSPS) is 11.6. The van der Waals surface area contributed by atoms with Gasteiger partial charge in [0.15, 0.2) is 0 Å². The predicted octanol–water partition coefficient (Wildman–Crippen LogP) is 1.45. The fraction of sp³-hybridized carbons (Fsp3) is 0.154. The van der Waals surface area contributed by atoms with Gasteiger partial charge in [0.1, 0.15) is 5.69 Å². The number of hydrogen-bond acceptors (Lipinski definition) is 7. The second kappa shape index (κ2) is 5.53. The average Bonchev–Trinajstić information content (AvgIpc) is 2.92. The van der Waals surface area contributed by atoms with Crippen LogP contribution < -0.4 is 4.72 Å². The van der Waals surface area contributed by atoms with Crippen molar-refractivity contribution in [2.24, 2.45) is 0 Å². The number of sulfonamides is 1. The SMILES string of the molecule is Cc1cnc2nc(S(=O)(=O)Nc3c(C)cccc3[N+](=O)[O-])nn2c1. The molecule has 0 aliphatic carbocycles. The molecule has 0 saturated heterocycles. The summed E-state index contributed by atoms with van der Waals surface area (Å²) in [5.41, 5.74) is 0.714. The van der Waals surface area contributed by atoms with Gasteiger partial charge in [0.05, 0.1) is 4.92 Å². The van der Waals surface area contributed by atoms with Crippen LogP contribution in [-0.2, 0) is 10.0 Å². The molecule has 0 radical (unpaired) electrons. The van der Waals surface area contributed by atoms with Gasteiger partial charge in [0, 0.05) is 18.5 Å². The molecule has 1 aromatic carbocycles. The fourth-order valence-electron chi connectivity index (χ4n) is 2.09. The maximum atomic E-state index is 12.5. The van der Waals surface area contributed by atoms with Crippen LogP contribution in [0.5, 0.6) is 0 Å². The molecule has 2 heterocycles. The first-order chi connectivity index (χ1) is 11.3. The van der Waals surface area contributed by atoms with E-state index in [-0.39, 0.29) is 17.2 Å². The van der Waals surface area contributed by atoms with E-state index in [4.69, 9.17) is 0 Å². The van der Waals surface area contributed by atoms with E-state index >= 15 is 0 Å². The number of aromatic nitrogens is 4. The molecule has 0 saturated carbocycles. The number of rotatable bonds is 4. The van der Waals surface area contributed by atoms with Crippen molar-refractivity contribution < 1.29 is 13.3 Å². The molecule has 1 N–H and O–H groups in total. The van der Waals surface area contributed by atoms with Crippen LogP contribution in [0.15, 0.2) is 35.7 Å². The standard InChI is InChI=1S/C13H12N6O4S/c1-8-6-14-12-15-13(16-18(12)7-8)24(22,23)17-11-9(2)4-3-5-10(11)19(20)21/h3-7,17H,1-2H3. The van der Waals surface area contributed by atoms with Gasteiger partial charge in [-0.15, -0.1) is 5.10 Å². The highest BCUT2D eigenvalue weighted by Crippen LogP contribution is 2.29. The minimum Gasteiger partial charge on any atom is -0.270 e. The maximum absolute atomic E-state index is 12.5. The Balaban J connectivity index is 2.07. The van der Waals surface area contributed by atoms with Crippen molar-refractivity contribution in [1.29, 1.82) is 0 Å². The van der Waals surface area contributed by atoms with Crippen LogP contribution in [0.25, 0.3) is 5.78 Å². The van der Waals surface area contributed by atoms with Gasteiger partial charge < -0.3 is 0 Å². The lowest BCUT2D eigenvalue weighted by Crippen LogP contribution is -2.16. The highest BCUT2D eigenvalue weighted by Gasteiger charge is 2.26. The lowest BCUT2D eigenvalue weighted by atomic mass is 10.2. The summed E-state index contributed by atoms with van der Waals surface area (Å²) in [6, 6.07) is 4.25. The molecule has 3 aromatic rings. The molecule has 0 unspecified atom stereocenters.